The van der Waals surface area contributed by atoms with Gasteiger partial charge in [-0.3, -0.25) is 19.4 Å². The van der Waals surface area contributed by atoms with E-state index in [-0.39, 0.29) is 111 Å². The molecule has 0 saturated carbocycles. The molecule has 3 heterocycles. The van der Waals surface area contributed by atoms with Crippen molar-refractivity contribution < 1.29 is 101 Å². The number of nitrogens with one attached hydrogen (secondary N) is 1. The molecule has 0 aromatic heterocycles. The van der Waals surface area contributed by atoms with Gasteiger partial charge in [-0.05, 0) is 192 Å². The fourth-order valence-electron chi connectivity index (χ4n) is 13.3. The summed E-state index contributed by atoms with van der Waals surface area (Å²) in [7, 11) is 3.40. The molecule has 10 rings (SSSR count). The van der Waals surface area contributed by atoms with E-state index in [1.165, 1.54) is 83.5 Å². The van der Waals surface area contributed by atoms with E-state index < -0.39 is 0 Å². The molecule has 0 bridgehead atoms. The number of amides is 3. The Balaban J connectivity index is 0.000000325. The van der Waals surface area contributed by atoms with E-state index in [1.807, 2.05) is 39.2 Å². The van der Waals surface area contributed by atoms with Gasteiger partial charge in [0.1, 0.15) is 37.3 Å². The minimum Gasteiger partial charge on any atom is -0.462 e. The van der Waals surface area contributed by atoms with Gasteiger partial charge >= 0.3 is 30.2 Å². The quantitative estimate of drug-likeness (QED) is 0.0291. The van der Waals surface area contributed by atoms with Gasteiger partial charge in [-0.2, -0.15) is 0 Å². The van der Waals surface area contributed by atoms with E-state index in [4.69, 9.17) is 77.3 Å². The Morgan fingerprint density at radius 1 is 0.431 bits per heavy atom. The lowest BCUT2D eigenvalue weighted by Crippen LogP contribution is -2.39. The SMILES string of the molecule is CCC(=O)OC1/C=C/CCCCC1.CCC(=O)OC1CC/C=C/CCC1.CNC(=O)OC1C/C=C/CCCC1.COC1CC/C=C/CCC1.O=C1O[C@@H]2CC/C=C/CC[C@H]2N1CCOCCO.O=C1O[C@@H]2CC/C=C/CC[C@H]2N1CCOCCO.OCCOC1/C=C/CCCCC1.OCCOC1/C=C/COCOC1. The molecule has 6 unspecified atom stereocenters. The predicted molar refractivity (Wildman–Crippen MR) is 424 cm³/mol. The molecule has 0 aromatic carbocycles. The summed E-state index contributed by atoms with van der Waals surface area (Å²) in [5, 5.41) is 36.8. The first-order chi connectivity index (χ1) is 53.4. The van der Waals surface area contributed by atoms with Gasteiger partial charge in [0.25, 0.3) is 0 Å². The molecule has 2 saturated heterocycles. The van der Waals surface area contributed by atoms with Crippen molar-refractivity contribution in [3.63, 3.8) is 0 Å². The van der Waals surface area contributed by atoms with Crippen LogP contribution in [0.15, 0.2) is 97.2 Å². The molecule has 5 N–H and O–H groups in total. The Kier molecular flexibility index (Phi) is 60.7. The first-order valence-electron chi connectivity index (χ1n) is 41.4. The predicted octanol–water partition coefficient (Wildman–Crippen LogP) is 14.8. The van der Waals surface area contributed by atoms with Crippen LogP contribution < -0.4 is 5.32 Å². The average Bonchev–Trinajstić information content (AvgIpc) is 1.69. The van der Waals surface area contributed by atoms with Gasteiger partial charge in [0.05, 0.1) is 110 Å². The summed E-state index contributed by atoms with van der Waals surface area (Å²) in [6, 6.07) is 0.361. The molecule has 0 aromatic rings. The van der Waals surface area contributed by atoms with Gasteiger partial charge in [-0.15, -0.1) is 0 Å². The molecule has 10 atom stereocenters. The molecule has 109 heavy (non-hydrogen) atoms. The number of allylic oxidation sites excluding steroid dienone is 11. The third-order valence-corrected chi connectivity index (χ3v) is 19.3. The van der Waals surface area contributed by atoms with E-state index in [0.717, 1.165) is 128 Å². The standard InChI is InChI=1S/2C13H21NO4.2C11H18O2.C10H17NO2.C10H18O2.C9H16O.C8H14O4/c2*15-8-10-17-9-7-14-11-5-3-1-2-4-6-12(11)18-13(14)16;2*1-2-11(12)13-10-8-6-4-3-5-7-9-10;1-11-10(12)13-9-7-5-3-2-4-6-8-9;11-8-9-12-10-6-4-2-1-3-5-7-10;1-10-9-7-5-3-2-4-6-8-9;9-3-5-12-8-2-1-4-10-7-11-6-8/h2*1-2,11-12,15H,3-10H2;6,8,10H,2-5,7,9H2,1H3;3-4,10H,2,5-9H2,1H3;3,5,9H,2,4,6-8H2,1H3,(H,11,12);4,6,10-11H,1-3,5,7-9H2;2-3,9H,4-8H2,1H3;1-2,8-9H,3-7H2/b2*2-1+;8-6+;4-3+;5-3+;6-4+;3-2+;2-1+/t2*11-,12-;;;;;;/m11....../s1. The first kappa shape index (κ1) is 97.4. The Hall–Kier alpha value is -5.77. The van der Waals surface area contributed by atoms with Crippen molar-refractivity contribution in [1.29, 1.82) is 0 Å². The van der Waals surface area contributed by atoms with Gasteiger partial charge < -0.3 is 82.6 Å². The van der Waals surface area contributed by atoms with Gasteiger partial charge in [-0.1, -0.05) is 124 Å². The van der Waals surface area contributed by atoms with E-state index in [9.17, 15) is 24.0 Å². The summed E-state index contributed by atoms with van der Waals surface area (Å²) >= 11 is 0. The zero-order chi connectivity index (χ0) is 78.7. The smallest absolute Gasteiger partial charge is 0.410 e. The van der Waals surface area contributed by atoms with Crippen LogP contribution in [-0.2, 0) is 66.4 Å². The van der Waals surface area contributed by atoms with Crippen LogP contribution in [0.25, 0.3) is 0 Å². The van der Waals surface area contributed by atoms with E-state index in [1.54, 1.807) is 16.8 Å². The highest BCUT2D eigenvalue weighted by Crippen LogP contribution is 2.30. The lowest BCUT2D eigenvalue weighted by molar-refractivity contribution is -0.149. The highest BCUT2D eigenvalue weighted by atomic mass is 16.7. The van der Waals surface area contributed by atoms with Crippen molar-refractivity contribution in [3.05, 3.63) is 97.2 Å². The second kappa shape index (κ2) is 67.9. The number of fused-ring (bicyclic) bond motifs is 2. The number of nitrogens with zero attached hydrogens (tertiary/aromatic N) is 2. The van der Waals surface area contributed by atoms with Crippen molar-refractivity contribution in [2.45, 2.75) is 299 Å². The van der Waals surface area contributed by atoms with Crippen LogP contribution in [0.3, 0.4) is 0 Å². The number of aliphatic hydroxyl groups excluding tert-OH is 4. The Bertz CT molecular complexity index is 2450. The minimum absolute atomic E-state index is 0.0152. The van der Waals surface area contributed by atoms with Crippen molar-refractivity contribution in [1.82, 2.24) is 15.1 Å². The highest BCUT2D eigenvalue weighted by molar-refractivity contribution is 5.71. The number of carbonyl (C=O) groups excluding carboxylic acids is 5. The van der Waals surface area contributed by atoms with Crippen molar-refractivity contribution in [3.8, 4) is 0 Å². The molecule has 0 radical (unpaired) electrons. The van der Waals surface area contributed by atoms with E-state index >= 15 is 0 Å². The molecule has 10 aliphatic rings. The van der Waals surface area contributed by atoms with Gasteiger partial charge in [0.2, 0.25) is 0 Å². The lowest BCUT2D eigenvalue weighted by atomic mass is 9.98. The summed E-state index contributed by atoms with van der Waals surface area (Å²) < 4.78 is 63.1. The van der Waals surface area contributed by atoms with E-state index in [0.29, 0.717) is 91.7 Å². The molecule has 24 heteroatoms. The highest BCUT2D eigenvalue weighted by Gasteiger charge is 2.42. The molecule has 2 fully saturated rings. The third-order valence-electron chi connectivity index (χ3n) is 19.3. The van der Waals surface area contributed by atoms with Crippen molar-refractivity contribution in [2.75, 3.05) is 113 Å². The molecular weight excluding hydrogens is 1400 g/mol. The maximum atomic E-state index is 11.8. The number of methoxy groups -OCH3 is 1. The maximum absolute atomic E-state index is 11.8. The molecule has 24 nitrogen and oxygen atoms in total. The fraction of sp³-hybridized carbons (Fsp3) is 0.753. The topological polar surface area (TPSA) is 296 Å². The zero-order valence-electron chi connectivity index (χ0n) is 67.0. The van der Waals surface area contributed by atoms with Crippen LogP contribution in [-0.4, -0.2) is 235 Å². The summed E-state index contributed by atoms with van der Waals surface area (Å²) in [5.41, 5.74) is 0. The monoisotopic (exact) mass is 1540 g/mol. The second-order valence-electron chi connectivity index (χ2n) is 27.9. The summed E-state index contributed by atoms with van der Waals surface area (Å²) in [4.78, 5) is 60.2. The number of aliphatic hydroxyl groups is 4. The molecular formula is C85H143N3O21. The zero-order valence-corrected chi connectivity index (χ0v) is 67.0. The molecule has 624 valence electrons. The lowest BCUT2D eigenvalue weighted by Gasteiger charge is -2.25. The fourth-order valence-corrected chi connectivity index (χ4v) is 13.3. The van der Waals surface area contributed by atoms with Crippen LogP contribution in [0.4, 0.5) is 14.4 Å². The van der Waals surface area contributed by atoms with Gasteiger partial charge in [0.15, 0.2) is 0 Å². The van der Waals surface area contributed by atoms with Crippen LogP contribution in [0, 0.1) is 0 Å². The maximum Gasteiger partial charge on any atom is 0.410 e. The van der Waals surface area contributed by atoms with E-state index in [2.05, 4.69) is 84.3 Å². The number of alkyl carbamates (subject to hydrolysis) is 1. The number of hydrogen-bond acceptors (Lipinski definition) is 21. The molecule has 3 amide bonds. The van der Waals surface area contributed by atoms with Crippen LogP contribution in [0.2, 0.25) is 0 Å². The van der Waals surface area contributed by atoms with Crippen LogP contribution >= 0.6 is 0 Å². The number of ether oxygens (including phenoxy) is 12. The summed E-state index contributed by atoms with van der Waals surface area (Å²) in [5.74, 6) is -0.148. The molecule has 0 spiro atoms. The number of hydrogen-bond donors (Lipinski definition) is 5. The summed E-state index contributed by atoms with van der Waals surface area (Å²) in [6.45, 7) is 8.66. The van der Waals surface area contributed by atoms with Crippen LogP contribution in [0.5, 0.6) is 0 Å². The Morgan fingerprint density at radius 2 is 0.872 bits per heavy atom. The number of carbonyl (C=O) groups is 5. The normalized spacial score (nSPS) is 27.8. The third kappa shape index (κ3) is 49.4. The van der Waals surface area contributed by atoms with Gasteiger partial charge in [0, 0.05) is 46.5 Å². The second-order valence-corrected chi connectivity index (χ2v) is 27.9. The molecule has 3 aliphatic heterocycles. The van der Waals surface area contributed by atoms with Crippen molar-refractivity contribution in [2.24, 2.45) is 0 Å². The molecule has 7 aliphatic carbocycles. The Morgan fingerprint density at radius 3 is 1.42 bits per heavy atom. The Labute approximate surface area is 653 Å². The summed E-state index contributed by atoms with van der Waals surface area (Å²) in [6.07, 6.45) is 71.8. The van der Waals surface area contributed by atoms with Crippen molar-refractivity contribution >= 4 is 30.2 Å². The average molecular weight is 1540 g/mol. The van der Waals surface area contributed by atoms with Crippen LogP contribution in [0.1, 0.15) is 239 Å². The number of esters is 2. The minimum atomic E-state index is -0.320. The largest absolute Gasteiger partial charge is 0.462 e. The first-order valence-corrected chi connectivity index (χ1v) is 41.4. The van der Waals surface area contributed by atoms with Gasteiger partial charge in [-0.25, -0.2) is 14.4 Å². The number of rotatable bonds is 22.